The quantitative estimate of drug-likeness (QED) is 0.354. The molecule has 3 aromatic rings. The lowest BCUT2D eigenvalue weighted by Crippen LogP contribution is -2.47. The number of anilines is 2. The van der Waals surface area contributed by atoms with Gasteiger partial charge in [0, 0.05) is 30.0 Å². The van der Waals surface area contributed by atoms with Crippen LogP contribution in [0.4, 0.5) is 24.8 Å². The predicted molar refractivity (Wildman–Crippen MR) is 136 cm³/mol. The van der Waals surface area contributed by atoms with Crippen LogP contribution in [-0.2, 0) is 16.6 Å². The normalized spacial score (nSPS) is 25.5. The summed E-state index contributed by atoms with van der Waals surface area (Å²) in [7, 11) is 0. The average Bonchev–Trinajstić information content (AvgIpc) is 3.34. The molecule has 0 bridgehead atoms. The number of aromatic nitrogens is 3. The zero-order chi connectivity index (χ0) is 27.1. The van der Waals surface area contributed by atoms with Gasteiger partial charge in [0.25, 0.3) is 0 Å². The number of aliphatic hydroxyl groups is 2. The number of amides is 1. The zero-order valence-corrected chi connectivity index (χ0v) is 21.4. The number of thiazole rings is 1. The number of nitrogens with one attached hydrogen (secondary N) is 2. The maximum Gasteiger partial charge on any atom is 0.433 e. The number of halogens is 3. The second kappa shape index (κ2) is 10.2. The van der Waals surface area contributed by atoms with Gasteiger partial charge < -0.3 is 20.8 Å². The Bertz CT molecular complexity index is 1320. The Labute approximate surface area is 221 Å². The molecular formula is C26H28F3N5O3S. The largest absolute Gasteiger partial charge is 0.433 e. The third-order valence-corrected chi connectivity index (χ3v) is 8.35. The van der Waals surface area contributed by atoms with Gasteiger partial charge in [-0.05, 0) is 74.8 Å². The number of benzene rings is 1. The number of hydrogen-bond acceptors (Lipinski definition) is 8. The van der Waals surface area contributed by atoms with Crippen molar-refractivity contribution >= 4 is 28.9 Å². The highest BCUT2D eigenvalue weighted by atomic mass is 32.1. The van der Waals surface area contributed by atoms with Crippen molar-refractivity contribution in [2.75, 3.05) is 5.32 Å². The minimum atomic E-state index is -4.57. The molecule has 12 heteroatoms. The van der Waals surface area contributed by atoms with E-state index in [1.807, 2.05) is 13.0 Å². The number of aryl methyl sites for hydroxylation is 1. The molecule has 0 spiro atoms. The Balaban J connectivity index is 1.26. The van der Waals surface area contributed by atoms with Crippen molar-refractivity contribution in [2.24, 2.45) is 5.92 Å². The van der Waals surface area contributed by atoms with E-state index in [2.05, 4.69) is 25.6 Å². The molecule has 8 nitrogen and oxygen atoms in total. The summed E-state index contributed by atoms with van der Waals surface area (Å²) < 4.78 is 39.0. The van der Waals surface area contributed by atoms with E-state index in [1.54, 1.807) is 18.3 Å². The van der Waals surface area contributed by atoms with Gasteiger partial charge >= 0.3 is 6.18 Å². The lowest BCUT2D eigenvalue weighted by Gasteiger charge is -2.37. The Morgan fingerprint density at radius 2 is 1.89 bits per heavy atom. The van der Waals surface area contributed by atoms with Crippen LogP contribution in [0.5, 0.6) is 0 Å². The molecule has 2 saturated carbocycles. The Hall–Kier alpha value is -3.09. The van der Waals surface area contributed by atoms with Gasteiger partial charge in [0.15, 0.2) is 0 Å². The maximum atomic E-state index is 13.0. The predicted octanol–water partition coefficient (Wildman–Crippen LogP) is 4.69. The summed E-state index contributed by atoms with van der Waals surface area (Å²) >= 11 is 1.37. The standard InChI is InChI=1S/C26H28F3N5O3S/c1-14-8-15(10-18(9-14)33-24-30-7-4-21(34-24)26(27,28)29)20-13-31-23(38-20)25(37)5-2-17(3-6-25)32-22(36)16-11-19(35)12-16/h4,7-10,13,16-17,19,35,37H,2-3,5-6,11-12H2,1H3,(H,32,36)(H,30,33,34)/t16?,17-,19?,25+. The summed E-state index contributed by atoms with van der Waals surface area (Å²) in [4.78, 5) is 25.1. The summed E-state index contributed by atoms with van der Waals surface area (Å²) in [5, 5.41) is 27.2. The van der Waals surface area contributed by atoms with E-state index in [9.17, 15) is 28.2 Å². The highest BCUT2D eigenvalue weighted by Gasteiger charge is 2.39. The number of alkyl halides is 3. The molecule has 1 amide bonds. The SMILES string of the molecule is Cc1cc(Nc2nccc(C(F)(F)F)n2)cc(-c2cnc([C@]3(O)CC[C@@H](NC(=O)C4CC(O)C4)CC3)s2)c1. The fourth-order valence-corrected chi connectivity index (χ4v) is 5.95. The Morgan fingerprint density at radius 3 is 2.58 bits per heavy atom. The van der Waals surface area contributed by atoms with Crippen LogP contribution in [0, 0.1) is 12.8 Å². The minimum absolute atomic E-state index is 0.0107. The van der Waals surface area contributed by atoms with Crippen LogP contribution in [0.2, 0.25) is 0 Å². The van der Waals surface area contributed by atoms with Crippen molar-refractivity contribution < 1.29 is 28.2 Å². The molecule has 38 heavy (non-hydrogen) atoms. The van der Waals surface area contributed by atoms with Gasteiger partial charge in [0.05, 0.1) is 11.0 Å². The average molecular weight is 548 g/mol. The van der Waals surface area contributed by atoms with Crippen molar-refractivity contribution in [3.8, 4) is 10.4 Å². The summed E-state index contributed by atoms with van der Waals surface area (Å²) in [6, 6.07) is 6.30. The van der Waals surface area contributed by atoms with Crippen LogP contribution in [-0.4, -0.2) is 43.2 Å². The molecule has 2 aromatic heterocycles. The van der Waals surface area contributed by atoms with Crippen LogP contribution >= 0.6 is 11.3 Å². The highest BCUT2D eigenvalue weighted by Crippen LogP contribution is 2.42. The number of nitrogens with zero attached hydrogens (tertiary/aromatic N) is 3. The molecule has 2 heterocycles. The molecule has 5 rings (SSSR count). The van der Waals surface area contributed by atoms with Gasteiger partial charge in [-0.2, -0.15) is 13.2 Å². The minimum Gasteiger partial charge on any atom is -0.393 e. The number of carbonyl (C=O) groups is 1. The monoisotopic (exact) mass is 547 g/mol. The molecule has 1 aromatic carbocycles. The van der Waals surface area contributed by atoms with Crippen molar-refractivity contribution in [2.45, 2.75) is 69.4 Å². The molecule has 0 unspecified atom stereocenters. The van der Waals surface area contributed by atoms with Gasteiger partial charge in [-0.25, -0.2) is 15.0 Å². The molecule has 0 saturated heterocycles. The first-order valence-corrected chi connectivity index (χ1v) is 13.3. The lowest BCUT2D eigenvalue weighted by molar-refractivity contribution is -0.141. The number of carbonyl (C=O) groups excluding carboxylic acids is 1. The Morgan fingerprint density at radius 1 is 1.16 bits per heavy atom. The van der Waals surface area contributed by atoms with Crippen LogP contribution in [0.1, 0.15) is 54.8 Å². The van der Waals surface area contributed by atoms with Crippen LogP contribution in [0.15, 0.2) is 36.7 Å². The van der Waals surface area contributed by atoms with Crippen molar-refractivity contribution in [1.29, 1.82) is 0 Å². The van der Waals surface area contributed by atoms with E-state index in [0.717, 1.165) is 28.3 Å². The van der Waals surface area contributed by atoms with E-state index in [-0.39, 0.29) is 29.9 Å². The molecule has 202 valence electrons. The number of hydrogen-bond donors (Lipinski definition) is 4. The third kappa shape index (κ3) is 5.82. The fourth-order valence-electron chi connectivity index (χ4n) is 4.90. The van der Waals surface area contributed by atoms with Crippen molar-refractivity contribution in [3.05, 3.63) is 52.9 Å². The number of aliphatic hydroxyl groups excluding tert-OH is 1. The van der Waals surface area contributed by atoms with E-state index in [0.29, 0.717) is 49.2 Å². The van der Waals surface area contributed by atoms with Gasteiger partial charge in [0.1, 0.15) is 16.3 Å². The second-order valence-corrected chi connectivity index (χ2v) is 11.2. The third-order valence-electron chi connectivity index (χ3n) is 7.11. The first kappa shape index (κ1) is 26.5. The summed E-state index contributed by atoms with van der Waals surface area (Å²) in [6.45, 7) is 1.87. The molecule has 0 atom stereocenters. The second-order valence-electron chi connectivity index (χ2n) is 10.1. The summed E-state index contributed by atoms with van der Waals surface area (Å²) in [6.07, 6.45) is 0.995. The fraction of sp³-hybridized carbons (Fsp3) is 0.462. The highest BCUT2D eigenvalue weighted by molar-refractivity contribution is 7.15. The van der Waals surface area contributed by atoms with Crippen molar-refractivity contribution in [1.82, 2.24) is 20.3 Å². The molecule has 0 radical (unpaired) electrons. The van der Waals surface area contributed by atoms with Gasteiger partial charge in [-0.15, -0.1) is 11.3 Å². The molecular weight excluding hydrogens is 519 g/mol. The molecule has 2 aliphatic carbocycles. The summed E-state index contributed by atoms with van der Waals surface area (Å²) in [5.74, 6) is -0.309. The van der Waals surface area contributed by atoms with E-state index < -0.39 is 17.5 Å². The Kier molecular flexibility index (Phi) is 7.14. The van der Waals surface area contributed by atoms with Gasteiger partial charge in [-0.1, -0.05) is 6.07 Å². The number of rotatable bonds is 6. The van der Waals surface area contributed by atoms with Gasteiger partial charge in [-0.3, -0.25) is 4.79 Å². The molecule has 0 aliphatic heterocycles. The first-order valence-electron chi connectivity index (χ1n) is 12.4. The topological polar surface area (TPSA) is 120 Å². The molecule has 4 N–H and O–H groups in total. The molecule has 2 aliphatic rings. The summed E-state index contributed by atoms with van der Waals surface area (Å²) in [5.41, 5.74) is 0.0898. The zero-order valence-electron chi connectivity index (χ0n) is 20.6. The van der Waals surface area contributed by atoms with Crippen LogP contribution < -0.4 is 10.6 Å². The molecule has 2 fully saturated rings. The van der Waals surface area contributed by atoms with Crippen molar-refractivity contribution in [3.63, 3.8) is 0 Å². The van der Waals surface area contributed by atoms with Crippen LogP contribution in [0.25, 0.3) is 10.4 Å². The smallest absolute Gasteiger partial charge is 0.393 e. The van der Waals surface area contributed by atoms with E-state index in [1.165, 1.54) is 11.3 Å². The van der Waals surface area contributed by atoms with Gasteiger partial charge in [0.2, 0.25) is 11.9 Å². The van der Waals surface area contributed by atoms with E-state index >= 15 is 0 Å². The van der Waals surface area contributed by atoms with Crippen LogP contribution in [0.3, 0.4) is 0 Å². The first-order chi connectivity index (χ1) is 18.0. The van der Waals surface area contributed by atoms with E-state index in [4.69, 9.17) is 0 Å². The maximum absolute atomic E-state index is 13.0. The lowest BCUT2D eigenvalue weighted by atomic mass is 9.80.